The van der Waals surface area contributed by atoms with Crippen molar-refractivity contribution in [3.63, 3.8) is 0 Å². The molecule has 0 spiro atoms. The predicted molar refractivity (Wildman–Crippen MR) is 37.6 cm³/mol. The second kappa shape index (κ2) is 3.73. The predicted octanol–water partition coefficient (Wildman–Crippen LogP) is 1.14. The van der Waals surface area contributed by atoms with Gasteiger partial charge in [0.05, 0.1) is 5.57 Å². The number of nitriles is 1. The molecule has 0 saturated heterocycles. The summed E-state index contributed by atoms with van der Waals surface area (Å²) in [5, 5.41) is 8.36. The fourth-order valence-corrected chi connectivity index (χ4v) is 0.405. The van der Waals surface area contributed by atoms with E-state index in [1.54, 1.807) is 11.1 Å². The molecule has 2 nitrogen and oxygen atoms in total. The lowest BCUT2D eigenvalue weighted by atomic mass is 10.3. The van der Waals surface area contributed by atoms with Gasteiger partial charge < -0.3 is 4.90 Å². The van der Waals surface area contributed by atoms with Gasteiger partial charge in [-0.15, -0.1) is 0 Å². The topological polar surface area (TPSA) is 27.0 Å². The van der Waals surface area contributed by atoms with Crippen LogP contribution in [0.2, 0.25) is 0 Å². The van der Waals surface area contributed by atoms with Gasteiger partial charge in [0.2, 0.25) is 0 Å². The first kappa shape index (κ1) is 7.77. The zero-order chi connectivity index (χ0) is 7.28. The van der Waals surface area contributed by atoms with Crippen LogP contribution in [0, 0.1) is 11.3 Å². The Morgan fingerprint density at radius 2 is 2.22 bits per heavy atom. The van der Waals surface area contributed by atoms with Gasteiger partial charge in [-0.3, -0.25) is 0 Å². The van der Waals surface area contributed by atoms with Crippen LogP contribution in [0.4, 0.5) is 0 Å². The number of rotatable bonds is 2. The van der Waals surface area contributed by atoms with E-state index >= 15 is 0 Å². The van der Waals surface area contributed by atoms with Crippen LogP contribution in [-0.4, -0.2) is 19.0 Å². The van der Waals surface area contributed by atoms with E-state index < -0.39 is 0 Å². The highest BCUT2D eigenvalue weighted by atomic mass is 15.0. The highest BCUT2D eigenvalue weighted by Crippen LogP contribution is 1.92. The Hall–Kier alpha value is -1.23. The van der Waals surface area contributed by atoms with Crippen molar-refractivity contribution < 1.29 is 0 Å². The lowest BCUT2D eigenvalue weighted by molar-refractivity contribution is 0.561. The van der Waals surface area contributed by atoms with E-state index in [4.69, 9.17) is 5.26 Å². The van der Waals surface area contributed by atoms with Crippen molar-refractivity contribution in [3.8, 4) is 6.07 Å². The van der Waals surface area contributed by atoms with Crippen LogP contribution in [0.5, 0.6) is 0 Å². The molecular weight excluding hydrogens is 112 g/mol. The van der Waals surface area contributed by atoms with Gasteiger partial charge in [-0.2, -0.15) is 5.26 Å². The molecule has 48 valence electrons. The number of nitrogens with zero attached hydrogens (tertiary/aromatic N) is 2. The van der Waals surface area contributed by atoms with Crippen molar-refractivity contribution in [3.05, 3.63) is 24.4 Å². The van der Waals surface area contributed by atoms with Crippen LogP contribution in [0.1, 0.15) is 0 Å². The van der Waals surface area contributed by atoms with Gasteiger partial charge in [-0.05, 0) is 0 Å². The average molecular weight is 122 g/mol. The molecule has 0 bridgehead atoms. The first-order chi connectivity index (χ1) is 4.20. The minimum Gasteiger partial charge on any atom is -0.382 e. The normalized spacial score (nSPS) is 10.1. The largest absolute Gasteiger partial charge is 0.382 e. The average Bonchev–Trinajstić information content (AvgIpc) is 1.82. The van der Waals surface area contributed by atoms with Gasteiger partial charge >= 0.3 is 0 Å². The molecule has 0 radical (unpaired) electrons. The van der Waals surface area contributed by atoms with E-state index in [1.165, 1.54) is 6.08 Å². The summed E-state index contributed by atoms with van der Waals surface area (Å²) in [6.45, 7) is 3.47. The van der Waals surface area contributed by atoms with Gasteiger partial charge in [-0.1, -0.05) is 12.7 Å². The zero-order valence-electron chi connectivity index (χ0n) is 5.76. The Balaban J connectivity index is 4.12. The van der Waals surface area contributed by atoms with Crippen LogP contribution >= 0.6 is 0 Å². The second-order valence-electron chi connectivity index (χ2n) is 1.86. The summed E-state index contributed by atoms with van der Waals surface area (Å²) in [5.41, 5.74) is 0.583. The Labute approximate surface area is 55.7 Å². The summed E-state index contributed by atoms with van der Waals surface area (Å²) in [6.07, 6.45) is 3.24. The molecule has 0 aromatic rings. The van der Waals surface area contributed by atoms with Crippen molar-refractivity contribution in [1.82, 2.24) is 4.90 Å². The molecule has 2 heteroatoms. The number of hydrogen-bond acceptors (Lipinski definition) is 2. The lowest BCUT2D eigenvalue weighted by Gasteiger charge is -2.02. The van der Waals surface area contributed by atoms with Crippen LogP contribution in [0.25, 0.3) is 0 Å². The number of allylic oxidation sites excluding steroid dienone is 2. The number of hydrogen-bond donors (Lipinski definition) is 0. The van der Waals surface area contributed by atoms with Crippen molar-refractivity contribution in [1.29, 1.82) is 5.26 Å². The summed E-state index contributed by atoms with van der Waals surface area (Å²) < 4.78 is 0. The van der Waals surface area contributed by atoms with Crippen molar-refractivity contribution in [2.45, 2.75) is 0 Å². The van der Waals surface area contributed by atoms with Gasteiger partial charge in [-0.25, -0.2) is 0 Å². The van der Waals surface area contributed by atoms with E-state index in [-0.39, 0.29) is 0 Å². The zero-order valence-corrected chi connectivity index (χ0v) is 5.76. The summed E-state index contributed by atoms with van der Waals surface area (Å²) in [6, 6.07) is 1.98. The maximum absolute atomic E-state index is 8.36. The van der Waals surface area contributed by atoms with Gasteiger partial charge in [0.25, 0.3) is 0 Å². The smallest absolute Gasteiger partial charge is 0.101 e. The fraction of sp³-hybridized carbons (Fsp3) is 0.286. The lowest BCUT2D eigenvalue weighted by Crippen LogP contribution is -2.01. The minimum atomic E-state index is 0.583. The monoisotopic (exact) mass is 122 g/mol. The third-order valence-electron chi connectivity index (χ3n) is 0.746. The summed E-state index contributed by atoms with van der Waals surface area (Å²) in [5.74, 6) is 0. The second-order valence-corrected chi connectivity index (χ2v) is 1.86. The van der Waals surface area contributed by atoms with Gasteiger partial charge in [0.15, 0.2) is 0 Å². The maximum atomic E-state index is 8.36. The van der Waals surface area contributed by atoms with Crippen LogP contribution in [-0.2, 0) is 0 Å². The van der Waals surface area contributed by atoms with Crippen LogP contribution in [0.15, 0.2) is 24.4 Å². The van der Waals surface area contributed by atoms with Gasteiger partial charge in [0.1, 0.15) is 6.07 Å². The molecule has 0 atom stereocenters. The fourth-order valence-electron chi connectivity index (χ4n) is 0.405. The molecule has 0 amide bonds. The van der Waals surface area contributed by atoms with E-state index in [1.807, 2.05) is 20.2 Å². The first-order valence-corrected chi connectivity index (χ1v) is 2.61. The third kappa shape index (κ3) is 3.36. The summed E-state index contributed by atoms with van der Waals surface area (Å²) >= 11 is 0. The highest BCUT2D eigenvalue weighted by Gasteiger charge is 1.85. The van der Waals surface area contributed by atoms with E-state index in [2.05, 4.69) is 6.58 Å². The van der Waals surface area contributed by atoms with Crippen LogP contribution < -0.4 is 0 Å². The molecule has 0 unspecified atom stereocenters. The molecule has 0 aromatic carbocycles. The molecule has 0 aliphatic rings. The Morgan fingerprint density at radius 1 is 1.67 bits per heavy atom. The highest BCUT2D eigenvalue weighted by molar-refractivity contribution is 5.30. The van der Waals surface area contributed by atoms with E-state index in [0.717, 1.165) is 0 Å². The molecule has 0 N–H and O–H groups in total. The molecule has 0 aromatic heterocycles. The molecular formula is C7H10N2. The van der Waals surface area contributed by atoms with Crippen molar-refractivity contribution in [2.24, 2.45) is 0 Å². The Bertz CT molecular complexity index is 160. The van der Waals surface area contributed by atoms with Crippen molar-refractivity contribution >= 4 is 0 Å². The van der Waals surface area contributed by atoms with Gasteiger partial charge in [0, 0.05) is 20.3 Å². The summed E-state index contributed by atoms with van der Waals surface area (Å²) in [4.78, 5) is 1.81. The molecule has 9 heavy (non-hydrogen) atoms. The van der Waals surface area contributed by atoms with E-state index in [0.29, 0.717) is 5.57 Å². The summed E-state index contributed by atoms with van der Waals surface area (Å²) in [7, 11) is 3.72. The molecule has 0 rings (SSSR count). The molecule has 0 saturated carbocycles. The SMILES string of the molecule is C=C/C(C#N)=C\N(C)C. The molecule has 0 heterocycles. The third-order valence-corrected chi connectivity index (χ3v) is 0.746. The standard InChI is InChI=1S/C7H10N2/c1-4-7(5-8)6-9(2)3/h4,6H,1H2,2-3H3/b7-6+. The molecule has 0 aliphatic carbocycles. The first-order valence-electron chi connectivity index (χ1n) is 2.61. The van der Waals surface area contributed by atoms with Crippen molar-refractivity contribution in [2.75, 3.05) is 14.1 Å². The molecule has 0 aliphatic heterocycles. The maximum Gasteiger partial charge on any atom is 0.101 e. The minimum absolute atomic E-state index is 0.583. The quantitative estimate of drug-likeness (QED) is 0.405. The Kier molecular flexibility index (Phi) is 3.22. The Morgan fingerprint density at radius 3 is 2.33 bits per heavy atom. The van der Waals surface area contributed by atoms with Crippen LogP contribution in [0.3, 0.4) is 0 Å². The van der Waals surface area contributed by atoms with E-state index in [9.17, 15) is 0 Å². The molecule has 0 fully saturated rings.